The van der Waals surface area contributed by atoms with Crippen molar-refractivity contribution in [1.82, 2.24) is 0 Å². The van der Waals surface area contributed by atoms with Crippen molar-refractivity contribution in [2.24, 2.45) is 16.7 Å². The number of carbonyl (C=O) groups excluding carboxylic acids is 1. The van der Waals surface area contributed by atoms with Crippen LogP contribution in [0.15, 0.2) is 29.8 Å². The molecule has 1 heteroatoms. The minimum atomic E-state index is -0.145. The van der Waals surface area contributed by atoms with Crippen LogP contribution in [0.3, 0.4) is 0 Å². The van der Waals surface area contributed by atoms with E-state index in [0.29, 0.717) is 11.7 Å². The molecule has 2 atom stereocenters. The zero-order chi connectivity index (χ0) is 13.8. The van der Waals surface area contributed by atoms with Crippen LogP contribution in [-0.2, 0) is 4.79 Å². The van der Waals surface area contributed by atoms with Crippen LogP contribution in [0, 0.1) is 23.7 Å². The van der Waals surface area contributed by atoms with E-state index in [1.807, 2.05) is 0 Å². The van der Waals surface area contributed by atoms with Crippen LogP contribution in [0.5, 0.6) is 0 Å². The Balaban J connectivity index is 2.04. The molecule has 1 aromatic carbocycles. The van der Waals surface area contributed by atoms with E-state index in [2.05, 4.69) is 58.0 Å². The summed E-state index contributed by atoms with van der Waals surface area (Å²) >= 11 is 0. The number of allylic oxidation sites excluding steroid dienone is 1. The van der Waals surface area contributed by atoms with Gasteiger partial charge in [0.05, 0.1) is 0 Å². The first-order valence-electron chi connectivity index (χ1n) is 7.19. The van der Waals surface area contributed by atoms with Crippen molar-refractivity contribution < 1.29 is 4.79 Å². The molecule has 0 aromatic heterocycles. The Morgan fingerprint density at radius 3 is 2.32 bits per heavy atom. The average molecular weight is 254 g/mol. The van der Waals surface area contributed by atoms with Crippen molar-refractivity contribution in [2.75, 3.05) is 0 Å². The van der Waals surface area contributed by atoms with Gasteiger partial charge in [-0.25, -0.2) is 0 Å². The van der Waals surface area contributed by atoms with Gasteiger partial charge in [-0.3, -0.25) is 4.79 Å². The Morgan fingerprint density at radius 1 is 1.16 bits per heavy atom. The third-order valence-electron chi connectivity index (χ3n) is 5.76. The van der Waals surface area contributed by atoms with Crippen molar-refractivity contribution in [3.63, 3.8) is 0 Å². The van der Waals surface area contributed by atoms with Gasteiger partial charge >= 0.3 is 0 Å². The second-order valence-corrected chi connectivity index (χ2v) is 6.98. The molecule has 0 spiro atoms. The summed E-state index contributed by atoms with van der Waals surface area (Å²) in [5.41, 5.74) is 3.44. The van der Waals surface area contributed by atoms with Crippen LogP contribution in [0.1, 0.15) is 44.7 Å². The third-order valence-corrected chi connectivity index (χ3v) is 5.76. The van der Waals surface area contributed by atoms with E-state index in [4.69, 9.17) is 0 Å². The molecule has 0 saturated heterocycles. The van der Waals surface area contributed by atoms with E-state index >= 15 is 0 Å². The fourth-order valence-corrected chi connectivity index (χ4v) is 3.94. The average Bonchev–Trinajstić information content (AvgIpc) is 2.66. The van der Waals surface area contributed by atoms with Gasteiger partial charge in [0.25, 0.3) is 0 Å². The smallest absolute Gasteiger partial charge is 0.165 e. The summed E-state index contributed by atoms with van der Waals surface area (Å²) in [6.45, 7) is 8.77. The first kappa shape index (κ1) is 12.7. The minimum Gasteiger partial charge on any atom is -0.294 e. The van der Waals surface area contributed by atoms with E-state index in [1.54, 1.807) is 0 Å². The lowest BCUT2D eigenvalue weighted by Crippen LogP contribution is -2.32. The highest BCUT2D eigenvalue weighted by atomic mass is 16.1. The molecule has 2 fully saturated rings. The molecule has 0 unspecified atom stereocenters. The maximum absolute atomic E-state index is 12.7. The number of aryl methyl sites for hydroxylation is 1. The number of hydrogen-bond donors (Lipinski definition) is 0. The van der Waals surface area contributed by atoms with E-state index in [1.165, 1.54) is 5.56 Å². The fraction of sp³-hybridized carbons (Fsp3) is 0.500. The maximum atomic E-state index is 12.7. The molecule has 2 aliphatic rings. The van der Waals surface area contributed by atoms with Gasteiger partial charge < -0.3 is 0 Å². The lowest BCUT2D eigenvalue weighted by Gasteiger charge is -2.31. The second kappa shape index (κ2) is 3.82. The van der Waals surface area contributed by atoms with Gasteiger partial charge in [-0.05, 0) is 48.3 Å². The molecule has 19 heavy (non-hydrogen) atoms. The van der Waals surface area contributed by atoms with Crippen LogP contribution in [0.25, 0.3) is 6.08 Å². The van der Waals surface area contributed by atoms with E-state index in [-0.39, 0.29) is 10.8 Å². The topological polar surface area (TPSA) is 17.1 Å². The lowest BCUT2D eigenvalue weighted by atomic mass is 9.70. The van der Waals surface area contributed by atoms with Crippen LogP contribution in [0.2, 0.25) is 0 Å². The zero-order valence-corrected chi connectivity index (χ0v) is 12.3. The normalized spacial score (nSPS) is 34.2. The highest BCUT2D eigenvalue weighted by molar-refractivity contribution is 6.07. The predicted molar refractivity (Wildman–Crippen MR) is 78.8 cm³/mol. The van der Waals surface area contributed by atoms with Crippen molar-refractivity contribution in [1.29, 1.82) is 0 Å². The van der Waals surface area contributed by atoms with Crippen LogP contribution in [0.4, 0.5) is 0 Å². The summed E-state index contributed by atoms with van der Waals surface area (Å²) in [5.74, 6) is 0.820. The first-order valence-corrected chi connectivity index (χ1v) is 7.19. The highest BCUT2D eigenvalue weighted by Crippen LogP contribution is 2.65. The molecule has 1 nitrogen and oxygen atoms in total. The Hall–Kier alpha value is -1.37. The molecule has 100 valence electrons. The van der Waals surface area contributed by atoms with Crippen LogP contribution in [-0.4, -0.2) is 5.78 Å². The van der Waals surface area contributed by atoms with Gasteiger partial charge in [0.15, 0.2) is 5.78 Å². The summed E-state index contributed by atoms with van der Waals surface area (Å²) in [4.78, 5) is 12.7. The third kappa shape index (κ3) is 1.57. The largest absolute Gasteiger partial charge is 0.294 e. The number of benzene rings is 1. The van der Waals surface area contributed by atoms with E-state index in [0.717, 1.165) is 24.0 Å². The monoisotopic (exact) mass is 254 g/mol. The summed E-state index contributed by atoms with van der Waals surface area (Å²) in [5, 5.41) is 0. The molecular formula is C18H22O. The van der Waals surface area contributed by atoms with Crippen LogP contribution < -0.4 is 0 Å². The number of carbonyl (C=O) groups is 1. The van der Waals surface area contributed by atoms with Gasteiger partial charge in [-0.15, -0.1) is 0 Å². The summed E-state index contributed by atoms with van der Waals surface area (Å²) in [6, 6.07) is 8.43. The summed E-state index contributed by atoms with van der Waals surface area (Å²) < 4.78 is 0. The lowest BCUT2D eigenvalue weighted by molar-refractivity contribution is -0.125. The van der Waals surface area contributed by atoms with E-state index < -0.39 is 0 Å². The standard InChI is InChI=1S/C18H22O/c1-12-5-7-13(8-6-12)11-14-15-9-10-18(4,16(14)19)17(15,2)3/h5-8,11,15H,9-10H2,1-4H3/b14-11-/t15-,18-/m0/s1. The number of rotatable bonds is 1. The molecule has 0 N–H and O–H groups in total. The van der Waals surface area contributed by atoms with Gasteiger partial charge in [-0.1, -0.05) is 50.6 Å². The number of hydrogen-bond acceptors (Lipinski definition) is 1. The molecule has 3 rings (SSSR count). The molecule has 2 aliphatic carbocycles. The molecular weight excluding hydrogens is 232 g/mol. The highest BCUT2D eigenvalue weighted by Gasteiger charge is 2.63. The molecule has 0 radical (unpaired) electrons. The predicted octanol–water partition coefficient (Wildman–Crippen LogP) is 4.40. The fourth-order valence-electron chi connectivity index (χ4n) is 3.94. The molecule has 0 heterocycles. The van der Waals surface area contributed by atoms with Gasteiger partial charge in [0.2, 0.25) is 0 Å². The van der Waals surface area contributed by atoms with Crippen molar-refractivity contribution in [2.45, 2.75) is 40.5 Å². The summed E-state index contributed by atoms with van der Waals surface area (Å²) in [7, 11) is 0. The molecule has 1 aromatic rings. The van der Waals surface area contributed by atoms with Gasteiger partial charge in [0.1, 0.15) is 0 Å². The Labute approximate surface area is 115 Å². The minimum absolute atomic E-state index is 0.112. The van der Waals surface area contributed by atoms with Gasteiger partial charge in [-0.2, -0.15) is 0 Å². The molecule has 0 amide bonds. The Kier molecular flexibility index (Phi) is 2.54. The summed E-state index contributed by atoms with van der Waals surface area (Å²) in [6.07, 6.45) is 4.33. The van der Waals surface area contributed by atoms with Crippen LogP contribution >= 0.6 is 0 Å². The Bertz CT molecular complexity index is 562. The van der Waals surface area contributed by atoms with Crippen molar-refractivity contribution in [3.05, 3.63) is 41.0 Å². The second-order valence-electron chi connectivity index (χ2n) is 6.98. The SMILES string of the molecule is Cc1ccc(/C=C2\C(=O)[C@]3(C)CC[C@@H]2C3(C)C)cc1. The van der Waals surface area contributed by atoms with E-state index in [9.17, 15) is 4.79 Å². The van der Waals surface area contributed by atoms with Crippen molar-refractivity contribution >= 4 is 11.9 Å². The molecule has 2 bridgehead atoms. The first-order chi connectivity index (χ1) is 8.86. The maximum Gasteiger partial charge on any atom is 0.165 e. The molecule has 2 saturated carbocycles. The zero-order valence-electron chi connectivity index (χ0n) is 12.3. The quantitative estimate of drug-likeness (QED) is 0.679. The number of ketones is 1. The van der Waals surface area contributed by atoms with Gasteiger partial charge in [0, 0.05) is 5.41 Å². The number of fused-ring (bicyclic) bond motifs is 2. The number of Topliss-reactive ketones (excluding diaryl/α,β-unsaturated/α-hetero) is 1. The molecule has 0 aliphatic heterocycles. The Morgan fingerprint density at radius 2 is 1.79 bits per heavy atom. The van der Waals surface area contributed by atoms with Crippen molar-refractivity contribution in [3.8, 4) is 0 Å².